The molecule has 0 atom stereocenters. The number of alkyl halides is 3. The summed E-state index contributed by atoms with van der Waals surface area (Å²) in [5.74, 6) is 2.32. The Morgan fingerprint density at radius 2 is 2.18 bits per heavy atom. The number of ether oxygens (including phenoxy) is 1. The second kappa shape index (κ2) is 5.25. The Hall–Kier alpha value is -2.16. The number of hydrogen-bond acceptors (Lipinski definition) is 2. The van der Waals surface area contributed by atoms with Crippen LogP contribution in [0.1, 0.15) is 5.56 Å². The largest absolute Gasteiger partial charge is 0.440 e. The molecule has 0 radical (unpaired) electrons. The van der Waals surface area contributed by atoms with Crippen molar-refractivity contribution in [1.29, 1.82) is 0 Å². The summed E-state index contributed by atoms with van der Waals surface area (Å²) in [5.41, 5.74) is 0.770. The highest BCUT2D eigenvalue weighted by Gasteiger charge is 2.29. The zero-order valence-electron chi connectivity index (χ0n) is 8.54. The first-order chi connectivity index (χ1) is 7.90. The van der Waals surface area contributed by atoms with Crippen LogP contribution >= 0.6 is 0 Å². The number of rotatable bonds is 2. The summed E-state index contributed by atoms with van der Waals surface area (Å²) in [5, 5.41) is 2.13. The Kier molecular flexibility index (Phi) is 3.99. The van der Waals surface area contributed by atoms with Gasteiger partial charge in [0.25, 0.3) is 0 Å². The van der Waals surface area contributed by atoms with E-state index in [4.69, 9.17) is 6.42 Å². The Morgan fingerprint density at radius 1 is 1.47 bits per heavy atom. The van der Waals surface area contributed by atoms with Gasteiger partial charge in [-0.3, -0.25) is 5.32 Å². The molecule has 0 aliphatic rings. The lowest BCUT2D eigenvalue weighted by Crippen LogP contribution is -2.23. The molecule has 3 nitrogen and oxygen atoms in total. The number of carbonyl (C=O) groups is 1. The Morgan fingerprint density at radius 3 is 2.76 bits per heavy atom. The lowest BCUT2D eigenvalue weighted by atomic mass is 10.2. The van der Waals surface area contributed by atoms with Gasteiger partial charge < -0.3 is 4.74 Å². The van der Waals surface area contributed by atoms with Gasteiger partial charge in [0.05, 0.1) is 0 Å². The molecule has 1 N–H and O–H groups in total. The first-order valence-corrected chi connectivity index (χ1v) is 4.48. The van der Waals surface area contributed by atoms with Gasteiger partial charge in [0.15, 0.2) is 6.61 Å². The van der Waals surface area contributed by atoms with Crippen molar-refractivity contribution < 1.29 is 22.7 Å². The van der Waals surface area contributed by atoms with E-state index < -0.39 is 18.9 Å². The first kappa shape index (κ1) is 12.9. The van der Waals surface area contributed by atoms with E-state index in [1.54, 1.807) is 12.1 Å². The van der Waals surface area contributed by atoms with E-state index in [9.17, 15) is 18.0 Å². The van der Waals surface area contributed by atoms with Crippen LogP contribution in [0, 0.1) is 12.3 Å². The molecule has 0 bridgehead atoms. The lowest BCUT2D eigenvalue weighted by Gasteiger charge is -2.09. The van der Waals surface area contributed by atoms with Crippen molar-refractivity contribution in [2.24, 2.45) is 0 Å². The highest BCUT2D eigenvalue weighted by atomic mass is 19.4. The van der Waals surface area contributed by atoms with Gasteiger partial charge in [-0.15, -0.1) is 6.42 Å². The molecule has 1 rings (SSSR count). The minimum absolute atomic E-state index is 0.271. The Bertz CT molecular complexity index is 449. The number of amides is 1. The zero-order valence-corrected chi connectivity index (χ0v) is 8.54. The topological polar surface area (TPSA) is 38.3 Å². The number of anilines is 1. The maximum absolute atomic E-state index is 11.7. The van der Waals surface area contributed by atoms with Crippen LogP contribution in [-0.2, 0) is 4.74 Å². The van der Waals surface area contributed by atoms with Crippen molar-refractivity contribution in [3.8, 4) is 12.3 Å². The summed E-state index contributed by atoms with van der Waals surface area (Å²) in [6.07, 6.45) is -0.605. The molecule has 1 amide bonds. The predicted octanol–water partition coefficient (Wildman–Crippen LogP) is 2.78. The van der Waals surface area contributed by atoms with Gasteiger partial charge >= 0.3 is 12.3 Å². The molecule has 0 fully saturated rings. The Balaban J connectivity index is 2.54. The van der Waals surface area contributed by atoms with E-state index in [0.29, 0.717) is 5.56 Å². The SMILES string of the molecule is C#Cc1cccc(NC(=O)OCC(F)(F)F)c1. The maximum atomic E-state index is 11.7. The molecule has 17 heavy (non-hydrogen) atoms. The van der Waals surface area contributed by atoms with Gasteiger partial charge in [-0.1, -0.05) is 12.0 Å². The summed E-state index contributed by atoms with van der Waals surface area (Å²) >= 11 is 0. The molecule has 0 saturated carbocycles. The maximum Gasteiger partial charge on any atom is 0.422 e. The molecule has 1 aromatic carbocycles. The van der Waals surface area contributed by atoms with Gasteiger partial charge in [-0.2, -0.15) is 13.2 Å². The average molecular weight is 243 g/mol. The molecule has 0 unspecified atom stereocenters. The number of hydrogen-bond donors (Lipinski definition) is 1. The molecule has 0 saturated heterocycles. The predicted molar refractivity (Wildman–Crippen MR) is 55.4 cm³/mol. The van der Waals surface area contributed by atoms with Crippen LogP contribution in [0.5, 0.6) is 0 Å². The van der Waals surface area contributed by atoms with E-state index in [0.717, 1.165) is 0 Å². The average Bonchev–Trinajstić information content (AvgIpc) is 2.26. The molecule has 6 heteroatoms. The lowest BCUT2D eigenvalue weighted by molar-refractivity contribution is -0.159. The minimum atomic E-state index is -4.54. The van der Waals surface area contributed by atoms with Gasteiger partial charge in [0, 0.05) is 11.3 Å². The van der Waals surface area contributed by atoms with Gasteiger partial charge in [0.2, 0.25) is 0 Å². The molecule has 0 spiro atoms. The van der Waals surface area contributed by atoms with Crippen LogP contribution in [0.25, 0.3) is 0 Å². The van der Waals surface area contributed by atoms with E-state index in [1.165, 1.54) is 12.1 Å². The Labute approximate surface area is 95.6 Å². The van der Waals surface area contributed by atoms with Crippen LogP contribution in [0.2, 0.25) is 0 Å². The first-order valence-electron chi connectivity index (χ1n) is 4.48. The van der Waals surface area contributed by atoms with Gasteiger partial charge in [-0.25, -0.2) is 4.79 Å². The van der Waals surface area contributed by atoms with E-state index in [2.05, 4.69) is 16.0 Å². The fourth-order valence-corrected chi connectivity index (χ4v) is 0.988. The molecule has 0 heterocycles. The number of benzene rings is 1. The number of nitrogens with one attached hydrogen (secondary N) is 1. The van der Waals surface area contributed by atoms with Crippen molar-refractivity contribution in [2.45, 2.75) is 6.18 Å². The quantitative estimate of drug-likeness (QED) is 0.811. The third-order valence-electron chi connectivity index (χ3n) is 1.64. The van der Waals surface area contributed by atoms with E-state index in [1.807, 2.05) is 0 Å². The smallest absolute Gasteiger partial charge is 0.422 e. The number of carbonyl (C=O) groups excluding carboxylic acids is 1. The molecule has 90 valence electrons. The number of halogens is 3. The zero-order chi connectivity index (χ0) is 12.9. The molecule has 0 aromatic heterocycles. The van der Waals surface area contributed by atoms with Gasteiger partial charge in [0.1, 0.15) is 0 Å². The third-order valence-corrected chi connectivity index (χ3v) is 1.64. The molecule has 0 aliphatic heterocycles. The summed E-state index contributed by atoms with van der Waals surface area (Å²) in [7, 11) is 0. The molecule has 1 aromatic rings. The van der Waals surface area contributed by atoms with Crippen molar-refractivity contribution in [3.63, 3.8) is 0 Å². The highest BCUT2D eigenvalue weighted by Crippen LogP contribution is 2.15. The summed E-state index contributed by atoms with van der Waals surface area (Å²) in [4.78, 5) is 11.0. The summed E-state index contributed by atoms with van der Waals surface area (Å²) < 4.78 is 39.2. The number of terminal acetylenes is 1. The fraction of sp³-hybridized carbons (Fsp3) is 0.182. The van der Waals surface area contributed by atoms with Crippen LogP contribution in [-0.4, -0.2) is 18.9 Å². The second-order valence-electron chi connectivity index (χ2n) is 3.04. The molecular formula is C11H8F3NO2. The molecule has 0 aliphatic carbocycles. The third kappa shape index (κ3) is 4.93. The van der Waals surface area contributed by atoms with Crippen LogP contribution in [0.15, 0.2) is 24.3 Å². The monoisotopic (exact) mass is 243 g/mol. The summed E-state index contributed by atoms with van der Waals surface area (Å²) in [6.45, 7) is -1.63. The van der Waals surface area contributed by atoms with Crippen LogP contribution in [0.4, 0.5) is 23.7 Å². The fourth-order valence-electron chi connectivity index (χ4n) is 0.988. The molecular weight excluding hydrogens is 235 g/mol. The standard InChI is InChI=1S/C11H8F3NO2/c1-2-8-4-3-5-9(6-8)15-10(16)17-7-11(12,13)14/h1,3-6H,7H2,(H,15,16). The van der Waals surface area contributed by atoms with Crippen molar-refractivity contribution >= 4 is 11.8 Å². The van der Waals surface area contributed by atoms with E-state index in [-0.39, 0.29) is 5.69 Å². The summed E-state index contributed by atoms with van der Waals surface area (Å²) in [6, 6.07) is 6.10. The van der Waals surface area contributed by atoms with Crippen molar-refractivity contribution in [2.75, 3.05) is 11.9 Å². The van der Waals surface area contributed by atoms with Crippen molar-refractivity contribution in [1.82, 2.24) is 0 Å². The second-order valence-corrected chi connectivity index (χ2v) is 3.04. The highest BCUT2D eigenvalue weighted by molar-refractivity contribution is 5.84. The normalized spacial score (nSPS) is 10.5. The van der Waals surface area contributed by atoms with Crippen molar-refractivity contribution in [3.05, 3.63) is 29.8 Å². The van der Waals surface area contributed by atoms with Crippen LogP contribution < -0.4 is 5.32 Å². The van der Waals surface area contributed by atoms with Gasteiger partial charge in [-0.05, 0) is 18.2 Å². The van der Waals surface area contributed by atoms with E-state index >= 15 is 0 Å². The minimum Gasteiger partial charge on any atom is -0.440 e. The van der Waals surface area contributed by atoms with Crippen LogP contribution in [0.3, 0.4) is 0 Å².